The number of carbonyl (C=O) groups is 3. The summed E-state index contributed by atoms with van der Waals surface area (Å²) in [6, 6.07) is 0. The Labute approximate surface area is 421 Å². The number of ether oxygens (including phenoxy) is 3. The highest BCUT2D eigenvalue weighted by Crippen LogP contribution is 2.16. The molecule has 6 heteroatoms. The quantitative estimate of drug-likeness (QED) is 0.0262. The lowest BCUT2D eigenvalue weighted by molar-refractivity contribution is -0.167. The molecule has 0 aromatic rings. The Hall–Kier alpha value is -2.89. The van der Waals surface area contributed by atoms with E-state index in [-0.39, 0.29) is 37.5 Å². The molecule has 394 valence electrons. The van der Waals surface area contributed by atoms with Crippen LogP contribution < -0.4 is 0 Å². The third-order valence-electron chi connectivity index (χ3n) is 12.7. The van der Waals surface area contributed by atoms with E-state index in [4.69, 9.17) is 14.2 Å². The molecule has 0 saturated heterocycles. The SMILES string of the molecule is CCCCC/C=C/C/C=C/C/C=C/C/C=C/CCCC(=O)O[C@H](COC(=O)CCCCCCCCC/C=C/CCCCCC)COC(=O)CCCCCCCCCCCCCCCCCCCC. The van der Waals surface area contributed by atoms with Crippen LogP contribution in [0.25, 0.3) is 0 Å². The second-order valence-electron chi connectivity index (χ2n) is 19.6. The summed E-state index contributed by atoms with van der Waals surface area (Å²) in [6.45, 7) is 6.58. The van der Waals surface area contributed by atoms with Gasteiger partial charge in [-0.15, -0.1) is 0 Å². The molecule has 0 heterocycles. The summed E-state index contributed by atoms with van der Waals surface area (Å²) < 4.78 is 16.8. The van der Waals surface area contributed by atoms with Crippen molar-refractivity contribution in [1.29, 1.82) is 0 Å². The molecule has 0 radical (unpaired) electrons. The molecule has 0 spiro atoms. The molecule has 0 aromatic carbocycles. The fraction of sp³-hybridized carbons (Fsp3) is 0.790. The van der Waals surface area contributed by atoms with Crippen molar-refractivity contribution in [2.24, 2.45) is 0 Å². The summed E-state index contributed by atoms with van der Waals surface area (Å²) in [5.74, 6) is -0.943. The molecule has 0 aliphatic carbocycles. The first-order valence-corrected chi connectivity index (χ1v) is 29.3. The van der Waals surface area contributed by atoms with E-state index >= 15 is 0 Å². The van der Waals surface area contributed by atoms with Crippen LogP contribution >= 0.6 is 0 Å². The highest BCUT2D eigenvalue weighted by molar-refractivity contribution is 5.71. The van der Waals surface area contributed by atoms with Crippen LogP contribution in [0.3, 0.4) is 0 Å². The molecule has 1 atom stereocenters. The predicted molar refractivity (Wildman–Crippen MR) is 293 cm³/mol. The first kappa shape index (κ1) is 65.1. The monoisotopic (exact) mass is 951 g/mol. The summed E-state index contributed by atoms with van der Waals surface area (Å²) in [6.07, 6.45) is 70.7. The van der Waals surface area contributed by atoms with Gasteiger partial charge in [0.05, 0.1) is 0 Å². The number of unbranched alkanes of at least 4 members (excludes halogenated alkanes) is 32. The van der Waals surface area contributed by atoms with E-state index in [1.165, 1.54) is 186 Å². The molecule has 6 nitrogen and oxygen atoms in total. The maximum Gasteiger partial charge on any atom is 0.306 e. The Balaban J connectivity index is 4.43. The smallest absolute Gasteiger partial charge is 0.306 e. The summed E-state index contributed by atoms with van der Waals surface area (Å²) in [5, 5.41) is 0. The lowest BCUT2D eigenvalue weighted by Crippen LogP contribution is -2.30. The van der Waals surface area contributed by atoms with Gasteiger partial charge in [0.2, 0.25) is 0 Å². The van der Waals surface area contributed by atoms with Gasteiger partial charge in [-0.25, -0.2) is 0 Å². The third kappa shape index (κ3) is 54.1. The Morgan fingerprint density at radius 2 is 0.544 bits per heavy atom. The van der Waals surface area contributed by atoms with Crippen LogP contribution in [-0.4, -0.2) is 37.2 Å². The highest BCUT2D eigenvalue weighted by Gasteiger charge is 2.19. The van der Waals surface area contributed by atoms with Crippen molar-refractivity contribution in [3.8, 4) is 0 Å². The molecule has 0 N–H and O–H groups in total. The average Bonchev–Trinajstić information content (AvgIpc) is 3.34. The van der Waals surface area contributed by atoms with Crippen LogP contribution in [0, 0.1) is 0 Å². The van der Waals surface area contributed by atoms with Gasteiger partial charge < -0.3 is 14.2 Å². The number of allylic oxidation sites excluding steroid dienone is 10. The zero-order chi connectivity index (χ0) is 49.3. The lowest BCUT2D eigenvalue weighted by Gasteiger charge is -2.18. The van der Waals surface area contributed by atoms with E-state index in [1.54, 1.807) is 0 Å². The minimum Gasteiger partial charge on any atom is -0.462 e. The number of hydrogen-bond acceptors (Lipinski definition) is 6. The number of esters is 3. The molecule has 0 rings (SSSR count). The Morgan fingerprint density at radius 1 is 0.294 bits per heavy atom. The van der Waals surface area contributed by atoms with Crippen molar-refractivity contribution >= 4 is 17.9 Å². The molecule has 0 saturated carbocycles. The maximum atomic E-state index is 12.8. The van der Waals surface area contributed by atoms with Crippen LogP contribution in [-0.2, 0) is 28.6 Å². The highest BCUT2D eigenvalue weighted by atomic mass is 16.6. The van der Waals surface area contributed by atoms with E-state index in [9.17, 15) is 14.4 Å². The first-order valence-electron chi connectivity index (χ1n) is 29.3. The summed E-state index contributed by atoms with van der Waals surface area (Å²) in [4.78, 5) is 38.1. The van der Waals surface area contributed by atoms with Crippen molar-refractivity contribution in [2.45, 2.75) is 303 Å². The minimum absolute atomic E-state index is 0.0944. The molecule has 0 amide bonds. The van der Waals surface area contributed by atoms with Gasteiger partial charge in [0, 0.05) is 19.3 Å². The molecule has 0 bridgehead atoms. The summed E-state index contributed by atoms with van der Waals surface area (Å²) in [7, 11) is 0. The first-order chi connectivity index (χ1) is 33.5. The van der Waals surface area contributed by atoms with Crippen molar-refractivity contribution in [1.82, 2.24) is 0 Å². The zero-order valence-electron chi connectivity index (χ0n) is 45.1. The van der Waals surface area contributed by atoms with Crippen LogP contribution in [0.1, 0.15) is 297 Å². The summed E-state index contributed by atoms with van der Waals surface area (Å²) >= 11 is 0. The van der Waals surface area contributed by atoms with Crippen molar-refractivity contribution in [2.75, 3.05) is 13.2 Å². The van der Waals surface area contributed by atoms with Gasteiger partial charge in [-0.1, -0.05) is 255 Å². The van der Waals surface area contributed by atoms with Crippen molar-refractivity contribution in [3.63, 3.8) is 0 Å². The molecule has 0 aliphatic rings. The Morgan fingerprint density at radius 3 is 0.926 bits per heavy atom. The van der Waals surface area contributed by atoms with Gasteiger partial charge in [0.25, 0.3) is 0 Å². The number of hydrogen-bond donors (Lipinski definition) is 0. The Kier molecular flexibility index (Phi) is 54.3. The second-order valence-corrected chi connectivity index (χ2v) is 19.6. The van der Waals surface area contributed by atoms with E-state index in [2.05, 4.69) is 81.5 Å². The molecule has 0 aromatic heterocycles. The molecular formula is C62H110O6. The Bertz CT molecular complexity index is 1230. The van der Waals surface area contributed by atoms with Gasteiger partial charge in [-0.2, -0.15) is 0 Å². The average molecular weight is 952 g/mol. The fourth-order valence-corrected chi connectivity index (χ4v) is 8.31. The molecule has 68 heavy (non-hydrogen) atoms. The topological polar surface area (TPSA) is 78.9 Å². The summed E-state index contributed by atoms with van der Waals surface area (Å²) in [5.41, 5.74) is 0. The van der Waals surface area contributed by atoms with Crippen LogP contribution in [0.15, 0.2) is 60.8 Å². The van der Waals surface area contributed by atoms with E-state index in [0.29, 0.717) is 19.3 Å². The van der Waals surface area contributed by atoms with Crippen LogP contribution in [0.4, 0.5) is 0 Å². The third-order valence-corrected chi connectivity index (χ3v) is 12.7. The number of rotatable bonds is 53. The maximum absolute atomic E-state index is 12.8. The van der Waals surface area contributed by atoms with Gasteiger partial charge in [0.1, 0.15) is 13.2 Å². The van der Waals surface area contributed by atoms with Crippen molar-refractivity contribution in [3.05, 3.63) is 60.8 Å². The molecule has 0 fully saturated rings. The zero-order valence-corrected chi connectivity index (χ0v) is 45.1. The van der Waals surface area contributed by atoms with E-state index in [0.717, 1.165) is 64.2 Å². The van der Waals surface area contributed by atoms with E-state index in [1.807, 2.05) is 0 Å². The molecule has 0 unspecified atom stereocenters. The van der Waals surface area contributed by atoms with Gasteiger partial charge in [-0.05, 0) is 83.5 Å². The molecular weight excluding hydrogens is 841 g/mol. The van der Waals surface area contributed by atoms with Crippen LogP contribution in [0.2, 0.25) is 0 Å². The normalized spacial score (nSPS) is 12.5. The van der Waals surface area contributed by atoms with Crippen LogP contribution in [0.5, 0.6) is 0 Å². The standard InChI is InChI=1S/C62H110O6/c1-4-7-10-13-16-19-22-25-28-30-32-34-37-40-43-46-49-52-55-61(64)67-58-59(57-66-60(63)54-51-48-45-42-39-36-33-27-24-21-18-15-12-9-6-3)68-62(65)56-53-50-47-44-41-38-35-31-29-26-23-20-17-14-11-8-5-2/h17,20-21,24,26,29,35,38,44,47,59H,4-16,18-19,22-23,25,27-28,30-34,36-37,39-43,45-46,48-58H2,1-3H3/b20-17+,24-21+,29-26+,38-35+,47-44+/t59-/m1/s1. The predicted octanol–water partition coefficient (Wildman–Crippen LogP) is 19.6. The lowest BCUT2D eigenvalue weighted by atomic mass is 10.0. The van der Waals surface area contributed by atoms with Gasteiger partial charge in [-0.3, -0.25) is 14.4 Å². The largest absolute Gasteiger partial charge is 0.462 e. The van der Waals surface area contributed by atoms with E-state index < -0.39 is 6.10 Å². The fourth-order valence-electron chi connectivity index (χ4n) is 8.31. The second kappa shape index (κ2) is 56.7. The minimum atomic E-state index is -0.803. The van der Waals surface area contributed by atoms with Gasteiger partial charge >= 0.3 is 17.9 Å². The van der Waals surface area contributed by atoms with Crippen molar-refractivity contribution < 1.29 is 28.6 Å². The number of carbonyl (C=O) groups excluding carboxylic acids is 3. The van der Waals surface area contributed by atoms with Gasteiger partial charge in [0.15, 0.2) is 6.10 Å². The molecule has 0 aliphatic heterocycles.